The highest BCUT2D eigenvalue weighted by atomic mass is 16.5. The van der Waals surface area contributed by atoms with E-state index in [1.54, 1.807) is 0 Å². The summed E-state index contributed by atoms with van der Waals surface area (Å²) in [6, 6.07) is 8.85. The minimum atomic E-state index is 0.541. The summed E-state index contributed by atoms with van der Waals surface area (Å²) >= 11 is 0. The smallest absolute Gasteiger partial charge is 0.119 e. The van der Waals surface area contributed by atoms with Gasteiger partial charge < -0.3 is 15.0 Å². The Balaban J connectivity index is 2.29. The van der Waals surface area contributed by atoms with Gasteiger partial charge in [0.1, 0.15) is 5.75 Å². The lowest BCUT2D eigenvalue weighted by molar-refractivity contribution is 0.340. The highest BCUT2D eigenvalue weighted by molar-refractivity contribution is 5.27. The summed E-state index contributed by atoms with van der Waals surface area (Å²) in [4.78, 5) is 2.22. The van der Waals surface area contributed by atoms with Crippen molar-refractivity contribution in [3.63, 3.8) is 0 Å². The standard InChI is InChI=1S/C15H26N2O/c1-5-18-15-8-6-14(7-9-15)12-16-13(2)10-11-17(3)4/h6-9,13,16H,5,10-12H2,1-4H3. The third-order valence-electron chi connectivity index (χ3n) is 2.90. The highest BCUT2D eigenvalue weighted by Gasteiger charge is 2.02. The maximum Gasteiger partial charge on any atom is 0.119 e. The molecule has 18 heavy (non-hydrogen) atoms. The average Bonchev–Trinajstić information content (AvgIpc) is 2.36. The van der Waals surface area contributed by atoms with Crippen LogP contribution in [-0.4, -0.2) is 38.2 Å². The van der Waals surface area contributed by atoms with Gasteiger partial charge in [-0.15, -0.1) is 0 Å². The molecule has 0 spiro atoms. The molecule has 0 aliphatic rings. The van der Waals surface area contributed by atoms with Crippen LogP contribution in [0.15, 0.2) is 24.3 Å². The quantitative estimate of drug-likeness (QED) is 0.767. The normalized spacial score (nSPS) is 12.7. The minimum Gasteiger partial charge on any atom is -0.494 e. The molecular weight excluding hydrogens is 224 g/mol. The number of nitrogens with one attached hydrogen (secondary N) is 1. The third kappa shape index (κ3) is 6.03. The molecule has 1 aromatic rings. The van der Waals surface area contributed by atoms with Gasteiger partial charge in [0.15, 0.2) is 0 Å². The summed E-state index contributed by atoms with van der Waals surface area (Å²) in [7, 11) is 4.22. The fraction of sp³-hybridized carbons (Fsp3) is 0.600. The van der Waals surface area contributed by atoms with E-state index in [-0.39, 0.29) is 0 Å². The van der Waals surface area contributed by atoms with E-state index < -0.39 is 0 Å². The molecule has 0 aliphatic carbocycles. The van der Waals surface area contributed by atoms with Crippen molar-refractivity contribution in [3.8, 4) is 5.75 Å². The summed E-state index contributed by atoms with van der Waals surface area (Å²) in [5.74, 6) is 0.946. The number of benzene rings is 1. The molecule has 0 bridgehead atoms. The first kappa shape index (κ1) is 15.0. The van der Waals surface area contributed by atoms with Crippen molar-refractivity contribution < 1.29 is 4.74 Å². The Morgan fingerprint density at radius 1 is 1.22 bits per heavy atom. The SMILES string of the molecule is CCOc1ccc(CNC(C)CCN(C)C)cc1. The summed E-state index contributed by atoms with van der Waals surface area (Å²) in [6.07, 6.45) is 1.17. The molecule has 1 unspecified atom stereocenters. The molecule has 0 amide bonds. The van der Waals surface area contributed by atoms with Crippen molar-refractivity contribution in [3.05, 3.63) is 29.8 Å². The fourth-order valence-corrected chi connectivity index (χ4v) is 1.72. The molecule has 1 rings (SSSR count). The van der Waals surface area contributed by atoms with Crippen molar-refractivity contribution in [1.29, 1.82) is 0 Å². The lowest BCUT2D eigenvalue weighted by atomic mass is 10.2. The molecule has 1 aromatic carbocycles. The van der Waals surface area contributed by atoms with Crippen molar-refractivity contribution >= 4 is 0 Å². The maximum atomic E-state index is 5.43. The van der Waals surface area contributed by atoms with Gasteiger partial charge in [0.05, 0.1) is 6.61 Å². The van der Waals surface area contributed by atoms with Crippen molar-refractivity contribution in [1.82, 2.24) is 10.2 Å². The first-order valence-electron chi connectivity index (χ1n) is 6.71. The lowest BCUT2D eigenvalue weighted by Crippen LogP contribution is -2.29. The minimum absolute atomic E-state index is 0.541. The van der Waals surface area contributed by atoms with E-state index in [9.17, 15) is 0 Å². The van der Waals surface area contributed by atoms with Crippen LogP contribution in [0.3, 0.4) is 0 Å². The zero-order valence-electron chi connectivity index (χ0n) is 12.1. The van der Waals surface area contributed by atoms with Crippen LogP contribution in [0.4, 0.5) is 0 Å². The molecule has 0 saturated carbocycles. The second-order valence-corrected chi connectivity index (χ2v) is 4.95. The Morgan fingerprint density at radius 2 is 1.89 bits per heavy atom. The molecular formula is C15H26N2O. The number of rotatable bonds is 8. The molecule has 1 atom stereocenters. The number of ether oxygens (including phenoxy) is 1. The number of hydrogen-bond acceptors (Lipinski definition) is 3. The number of hydrogen-bond donors (Lipinski definition) is 1. The summed E-state index contributed by atoms with van der Waals surface area (Å²) < 4.78 is 5.43. The van der Waals surface area contributed by atoms with Crippen LogP contribution < -0.4 is 10.1 Å². The second kappa shape index (κ2) is 8.11. The van der Waals surface area contributed by atoms with E-state index in [4.69, 9.17) is 4.74 Å². The zero-order chi connectivity index (χ0) is 13.4. The van der Waals surface area contributed by atoms with Crippen molar-refractivity contribution in [2.45, 2.75) is 32.9 Å². The van der Waals surface area contributed by atoms with Gasteiger partial charge in [0.25, 0.3) is 0 Å². The van der Waals surface area contributed by atoms with Crippen LogP contribution in [0.5, 0.6) is 5.75 Å². The molecule has 0 saturated heterocycles. The van der Waals surface area contributed by atoms with E-state index in [2.05, 4.69) is 43.4 Å². The third-order valence-corrected chi connectivity index (χ3v) is 2.90. The van der Waals surface area contributed by atoms with E-state index in [0.29, 0.717) is 6.04 Å². The predicted molar refractivity (Wildman–Crippen MR) is 77.1 cm³/mol. The molecule has 0 fully saturated rings. The van der Waals surface area contributed by atoms with Crippen LogP contribution in [-0.2, 0) is 6.54 Å². The van der Waals surface area contributed by atoms with Crippen LogP contribution in [0.25, 0.3) is 0 Å². The molecule has 102 valence electrons. The molecule has 0 aliphatic heterocycles. The summed E-state index contributed by atoms with van der Waals surface area (Å²) in [5, 5.41) is 3.54. The molecule has 3 nitrogen and oxygen atoms in total. The molecule has 0 aromatic heterocycles. The first-order chi connectivity index (χ1) is 8.61. The van der Waals surface area contributed by atoms with Gasteiger partial charge in [0.2, 0.25) is 0 Å². The Bertz CT molecular complexity index is 322. The monoisotopic (exact) mass is 250 g/mol. The van der Waals surface area contributed by atoms with E-state index in [0.717, 1.165) is 25.4 Å². The van der Waals surface area contributed by atoms with E-state index >= 15 is 0 Å². The topological polar surface area (TPSA) is 24.5 Å². The molecule has 3 heteroatoms. The fourth-order valence-electron chi connectivity index (χ4n) is 1.72. The lowest BCUT2D eigenvalue weighted by Gasteiger charge is -2.16. The highest BCUT2D eigenvalue weighted by Crippen LogP contribution is 2.12. The van der Waals surface area contributed by atoms with Gasteiger partial charge in [0, 0.05) is 12.6 Å². The average molecular weight is 250 g/mol. The Hall–Kier alpha value is -1.06. The van der Waals surface area contributed by atoms with Crippen LogP contribution in [0, 0.1) is 0 Å². The first-order valence-corrected chi connectivity index (χ1v) is 6.71. The van der Waals surface area contributed by atoms with Gasteiger partial charge in [-0.05, 0) is 58.6 Å². The second-order valence-electron chi connectivity index (χ2n) is 4.95. The van der Waals surface area contributed by atoms with Gasteiger partial charge in [-0.1, -0.05) is 12.1 Å². The van der Waals surface area contributed by atoms with Crippen LogP contribution >= 0.6 is 0 Å². The van der Waals surface area contributed by atoms with Crippen molar-refractivity contribution in [2.75, 3.05) is 27.2 Å². The predicted octanol–water partition coefficient (Wildman–Crippen LogP) is 2.52. The Morgan fingerprint density at radius 3 is 2.44 bits per heavy atom. The maximum absolute atomic E-state index is 5.43. The summed E-state index contributed by atoms with van der Waals surface area (Å²) in [5.41, 5.74) is 1.30. The van der Waals surface area contributed by atoms with Crippen LogP contribution in [0.2, 0.25) is 0 Å². The molecule has 0 radical (unpaired) electrons. The summed E-state index contributed by atoms with van der Waals surface area (Å²) in [6.45, 7) is 7.00. The van der Waals surface area contributed by atoms with E-state index in [1.807, 2.05) is 19.1 Å². The molecule has 0 heterocycles. The zero-order valence-corrected chi connectivity index (χ0v) is 12.1. The van der Waals surface area contributed by atoms with Gasteiger partial charge in [-0.2, -0.15) is 0 Å². The Kier molecular flexibility index (Phi) is 6.76. The molecule has 1 N–H and O–H groups in total. The van der Waals surface area contributed by atoms with Gasteiger partial charge in [-0.25, -0.2) is 0 Å². The Labute approximate surface area is 111 Å². The largest absolute Gasteiger partial charge is 0.494 e. The van der Waals surface area contributed by atoms with Gasteiger partial charge in [-0.3, -0.25) is 0 Å². The number of nitrogens with zero attached hydrogens (tertiary/aromatic N) is 1. The van der Waals surface area contributed by atoms with Gasteiger partial charge >= 0.3 is 0 Å². The van der Waals surface area contributed by atoms with Crippen LogP contribution in [0.1, 0.15) is 25.8 Å². The van der Waals surface area contributed by atoms with Crippen molar-refractivity contribution in [2.24, 2.45) is 0 Å². The van der Waals surface area contributed by atoms with E-state index in [1.165, 1.54) is 12.0 Å².